The second-order valence-electron chi connectivity index (χ2n) is 4.86. The molecule has 0 aliphatic heterocycles. The normalized spacial score (nSPS) is 11.4. The lowest BCUT2D eigenvalue weighted by molar-refractivity contribution is 0.260. The van der Waals surface area contributed by atoms with Crippen molar-refractivity contribution in [2.24, 2.45) is 0 Å². The lowest BCUT2D eigenvalue weighted by Gasteiger charge is -2.25. The molecule has 0 atom stereocenters. The van der Waals surface area contributed by atoms with Gasteiger partial charge in [0.15, 0.2) is 0 Å². The molecule has 0 unspecified atom stereocenters. The first-order valence-electron chi connectivity index (χ1n) is 6.22. The highest BCUT2D eigenvalue weighted by Crippen LogP contribution is 2.16. The van der Waals surface area contributed by atoms with E-state index in [1.54, 1.807) is 7.05 Å². The third-order valence-electron chi connectivity index (χ3n) is 2.66. The zero-order chi connectivity index (χ0) is 14.6. The van der Waals surface area contributed by atoms with E-state index in [9.17, 15) is 0 Å². The van der Waals surface area contributed by atoms with Crippen LogP contribution in [0.3, 0.4) is 0 Å². The fraction of sp³-hybridized carbons (Fsp3) is 0.545. The molecule has 3 N–H and O–H groups in total. The minimum atomic E-state index is -0.333. The minimum Gasteiger partial charge on any atom is -0.396 e. The van der Waals surface area contributed by atoms with E-state index < -0.39 is 0 Å². The Hall–Kier alpha value is -2.29. The third-order valence-corrected chi connectivity index (χ3v) is 2.66. The Bertz CT molecular complexity index is 554. The van der Waals surface area contributed by atoms with Crippen LogP contribution in [0.15, 0.2) is 12.7 Å². The van der Waals surface area contributed by atoms with Gasteiger partial charge >= 0.3 is 0 Å². The average molecular weight is 278 g/mol. The van der Waals surface area contributed by atoms with E-state index >= 15 is 0 Å². The van der Waals surface area contributed by atoms with Crippen molar-refractivity contribution in [2.75, 3.05) is 24.3 Å². The van der Waals surface area contributed by atoms with Crippen LogP contribution in [0.5, 0.6) is 0 Å². The standard InChI is InChI=1S/C11H18N8O/c1-11(2,4-5-20)18-9-15-8(12-3)16-10(17-9)19-7-13-6-14-19/h6-7,20H,4-5H2,1-3H3,(H2,12,15,16,17,18). The van der Waals surface area contributed by atoms with Gasteiger partial charge in [0.25, 0.3) is 5.95 Å². The monoisotopic (exact) mass is 278 g/mol. The van der Waals surface area contributed by atoms with Crippen molar-refractivity contribution in [1.82, 2.24) is 29.7 Å². The third kappa shape index (κ3) is 3.38. The van der Waals surface area contributed by atoms with Gasteiger partial charge in [-0.3, -0.25) is 0 Å². The molecular formula is C11H18N8O. The molecule has 0 saturated carbocycles. The van der Waals surface area contributed by atoms with Crippen LogP contribution >= 0.6 is 0 Å². The van der Waals surface area contributed by atoms with E-state index in [-0.39, 0.29) is 12.1 Å². The van der Waals surface area contributed by atoms with E-state index in [0.29, 0.717) is 24.3 Å². The Morgan fingerprint density at radius 1 is 1.25 bits per heavy atom. The SMILES string of the molecule is CNc1nc(NC(C)(C)CCO)nc(-n2cncn2)n1. The summed E-state index contributed by atoms with van der Waals surface area (Å²) in [5.74, 6) is 1.20. The van der Waals surface area contributed by atoms with E-state index in [2.05, 4.69) is 35.7 Å². The van der Waals surface area contributed by atoms with Crippen molar-refractivity contribution >= 4 is 11.9 Å². The molecule has 2 heterocycles. The molecule has 0 saturated heterocycles. The molecule has 20 heavy (non-hydrogen) atoms. The van der Waals surface area contributed by atoms with Crippen molar-refractivity contribution in [3.8, 4) is 5.95 Å². The highest BCUT2D eigenvalue weighted by Gasteiger charge is 2.19. The van der Waals surface area contributed by atoms with Crippen molar-refractivity contribution in [3.05, 3.63) is 12.7 Å². The van der Waals surface area contributed by atoms with Gasteiger partial charge in [0.1, 0.15) is 12.7 Å². The maximum absolute atomic E-state index is 9.06. The minimum absolute atomic E-state index is 0.0832. The Morgan fingerprint density at radius 2 is 2.00 bits per heavy atom. The van der Waals surface area contributed by atoms with Crippen LogP contribution in [0.25, 0.3) is 5.95 Å². The number of rotatable bonds is 6. The smallest absolute Gasteiger partial charge is 0.258 e. The number of hydrogen-bond acceptors (Lipinski definition) is 8. The molecule has 9 heteroatoms. The fourth-order valence-electron chi connectivity index (χ4n) is 1.59. The topological polar surface area (TPSA) is 114 Å². The molecule has 108 valence electrons. The predicted octanol–water partition coefficient (Wildman–Crippen LogP) is 0.0669. The molecule has 0 spiro atoms. The largest absolute Gasteiger partial charge is 0.396 e. The molecule has 2 aromatic heterocycles. The van der Waals surface area contributed by atoms with Gasteiger partial charge in [-0.15, -0.1) is 0 Å². The summed E-state index contributed by atoms with van der Waals surface area (Å²) in [5.41, 5.74) is -0.333. The molecule has 2 rings (SSSR count). The van der Waals surface area contributed by atoms with Gasteiger partial charge in [-0.2, -0.15) is 24.7 Å². The maximum atomic E-state index is 9.06. The first-order valence-corrected chi connectivity index (χ1v) is 6.22. The lowest BCUT2D eigenvalue weighted by Crippen LogP contribution is -2.33. The summed E-state index contributed by atoms with van der Waals surface area (Å²) in [5, 5.41) is 19.1. The van der Waals surface area contributed by atoms with Crippen molar-refractivity contribution < 1.29 is 5.11 Å². The number of hydrogen-bond donors (Lipinski definition) is 3. The maximum Gasteiger partial charge on any atom is 0.258 e. The van der Waals surface area contributed by atoms with Crippen LogP contribution in [0, 0.1) is 0 Å². The van der Waals surface area contributed by atoms with Crippen molar-refractivity contribution in [2.45, 2.75) is 25.8 Å². The average Bonchev–Trinajstić information content (AvgIpc) is 2.91. The van der Waals surface area contributed by atoms with E-state index in [1.807, 2.05) is 13.8 Å². The summed E-state index contributed by atoms with van der Waals surface area (Å²) in [6, 6.07) is 0. The van der Waals surface area contributed by atoms with Gasteiger partial charge in [0.2, 0.25) is 11.9 Å². The second-order valence-corrected chi connectivity index (χ2v) is 4.86. The molecule has 0 radical (unpaired) electrons. The summed E-state index contributed by atoms with van der Waals surface area (Å²) in [6.07, 6.45) is 3.50. The van der Waals surface area contributed by atoms with Gasteiger partial charge in [0, 0.05) is 19.2 Å². The molecule has 0 aliphatic carbocycles. The number of nitrogens with one attached hydrogen (secondary N) is 2. The molecular weight excluding hydrogens is 260 g/mol. The number of aromatic nitrogens is 6. The molecule has 0 bridgehead atoms. The van der Waals surface area contributed by atoms with Crippen LogP contribution in [0.2, 0.25) is 0 Å². The Morgan fingerprint density at radius 3 is 2.60 bits per heavy atom. The first kappa shape index (κ1) is 14.1. The fourth-order valence-corrected chi connectivity index (χ4v) is 1.59. The molecule has 0 aromatic carbocycles. The highest BCUT2D eigenvalue weighted by atomic mass is 16.3. The zero-order valence-electron chi connectivity index (χ0n) is 11.7. The first-order chi connectivity index (χ1) is 9.54. The summed E-state index contributed by atoms with van der Waals surface area (Å²) < 4.78 is 1.45. The Kier molecular flexibility index (Phi) is 4.08. The van der Waals surface area contributed by atoms with Crippen LogP contribution in [-0.4, -0.2) is 54.0 Å². The molecule has 0 aliphatic rings. The van der Waals surface area contributed by atoms with Crippen molar-refractivity contribution in [3.63, 3.8) is 0 Å². The van der Waals surface area contributed by atoms with Gasteiger partial charge in [-0.25, -0.2) is 4.98 Å². The number of aliphatic hydroxyl groups is 1. The van der Waals surface area contributed by atoms with E-state index in [4.69, 9.17) is 5.11 Å². The molecule has 0 amide bonds. The van der Waals surface area contributed by atoms with Crippen LogP contribution in [0.4, 0.5) is 11.9 Å². The van der Waals surface area contributed by atoms with Gasteiger partial charge < -0.3 is 15.7 Å². The summed E-state index contributed by atoms with van der Waals surface area (Å²) in [6.45, 7) is 4.00. The van der Waals surface area contributed by atoms with Gasteiger partial charge in [-0.05, 0) is 20.3 Å². The number of aliphatic hydroxyl groups excluding tert-OH is 1. The quantitative estimate of drug-likeness (QED) is 0.680. The zero-order valence-corrected chi connectivity index (χ0v) is 11.7. The van der Waals surface area contributed by atoms with Crippen LogP contribution in [0.1, 0.15) is 20.3 Å². The van der Waals surface area contributed by atoms with Gasteiger partial charge in [0.05, 0.1) is 0 Å². The number of anilines is 2. The van der Waals surface area contributed by atoms with Gasteiger partial charge in [-0.1, -0.05) is 0 Å². The summed E-state index contributed by atoms with van der Waals surface area (Å²) in [4.78, 5) is 16.6. The highest BCUT2D eigenvalue weighted by molar-refractivity contribution is 5.38. The lowest BCUT2D eigenvalue weighted by atomic mass is 10.0. The van der Waals surface area contributed by atoms with E-state index in [1.165, 1.54) is 17.3 Å². The van der Waals surface area contributed by atoms with Crippen LogP contribution < -0.4 is 10.6 Å². The Balaban J connectivity index is 2.31. The summed E-state index contributed by atoms with van der Waals surface area (Å²) in [7, 11) is 1.73. The Labute approximate surface area is 116 Å². The second kappa shape index (κ2) is 5.78. The van der Waals surface area contributed by atoms with Crippen molar-refractivity contribution in [1.29, 1.82) is 0 Å². The summed E-state index contributed by atoms with van der Waals surface area (Å²) >= 11 is 0. The molecule has 0 fully saturated rings. The van der Waals surface area contributed by atoms with Crippen LogP contribution in [-0.2, 0) is 0 Å². The molecule has 9 nitrogen and oxygen atoms in total. The molecule has 2 aromatic rings. The number of nitrogens with zero attached hydrogens (tertiary/aromatic N) is 6. The predicted molar refractivity (Wildman–Crippen MR) is 73.7 cm³/mol. The van der Waals surface area contributed by atoms with E-state index in [0.717, 1.165) is 0 Å².